The van der Waals surface area contributed by atoms with Gasteiger partial charge in [-0.3, -0.25) is 4.57 Å². The van der Waals surface area contributed by atoms with E-state index in [2.05, 4.69) is 11.1 Å². The van der Waals surface area contributed by atoms with Crippen molar-refractivity contribution in [1.29, 1.82) is 5.26 Å². The molecule has 0 atom stereocenters. The lowest BCUT2D eigenvalue weighted by molar-refractivity contribution is 0.949. The lowest BCUT2D eigenvalue weighted by Crippen LogP contribution is -2.06. The maximum atomic E-state index is 9.02. The summed E-state index contributed by atoms with van der Waals surface area (Å²) in [6.07, 6.45) is 0.252. The molecule has 0 unspecified atom stereocenters. The molecule has 0 aliphatic carbocycles. The van der Waals surface area contributed by atoms with Gasteiger partial charge in [0.25, 0.3) is 0 Å². The Balaban J connectivity index is 2.40. The molecule has 1 aromatic heterocycles. The maximum Gasteiger partial charge on any atom is 0.128 e. The third-order valence-corrected chi connectivity index (χ3v) is 3.36. The molecule has 0 saturated heterocycles. The normalized spacial score (nSPS) is 10.6. The Morgan fingerprint density at radius 3 is 2.75 bits per heavy atom. The van der Waals surface area contributed by atoms with Gasteiger partial charge in [0.2, 0.25) is 0 Å². The fraction of sp³-hybridized carbons (Fsp3) is 0.125. The lowest BCUT2D eigenvalue weighted by Gasteiger charge is -2.13. The van der Waals surface area contributed by atoms with Crippen molar-refractivity contribution in [3.63, 3.8) is 0 Å². The summed E-state index contributed by atoms with van der Waals surface area (Å²) >= 11 is 0. The Kier molecular flexibility index (Phi) is 2.88. The number of rotatable bonds is 2. The highest BCUT2D eigenvalue weighted by molar-refractivity contribution is 5.80. The summed E-state index contributed by atoms with van der Waals surface area (Å²) in [7, 11) is 0. The van der Waals surface area contributed by atoms with E-state index in [1.165, 1.54) is 0 Å². The van der Waals surface area contributed by atoms with E-state index >= 15 is 0 Å². The van der Waals surface area contributed by atoms with Crippen LogP contribution < -0.4 is 5.73 Å². The molecule has 0 aliphatic rings. The molecule has 1 heterocycles. The average molecular weight is 262 g/mol. The molecule has 20 heavy (non-hydrogen) atoms. The zero-order valence-electron chi connectivity index (χ0n) is 11.2. The molecule has 3 rings (SSSR count). The zero-order valence-corrected chi connectivity index (χ0v) is 11.2. The van der Waals surface area contributed by atoms with Crippen LogP contribution in [0.5, 0.6) is 0 Å². The van der Waals surface area contributed by atoms with E-state index in [1.54, 1.807) is 0 Å². The van der Waals surface area contributed by atoms with Crippen LogP contribution in [0.4, 0.5) is 5.69 Å². The maximum absolute atomic E-state index is 9.02. The Hall–Kier alpha value is -2.80. The van der Waals surface area contributed by atoms with Crippen molar-refractivity contribution in [1.82, 2.24) is 9.55 Å². The first-order valence-corrected chi connectivity index (χ1v) is 6.41. The van der Waals surface area contributed by atoms with E-state index in [1.807, 2.05) is 54.0 Å². The van der Waals surface area contributed by atoms with E-state index in [0.717, 1.165) is 28.1 Å². The fourth-order valence-corrected chi connectivity index (χ4v) is 2.50. The van der Waals surface area contributed by atoms with Crippen LogP contribution >= 0.6 is 0 Å². The fourth-order valence-electron chi connectivity index (χ4n) is 2.50. The summed E-state index contributed by atoms with van der Waals surface area (Å²) in [5.74, 6) is 0.717. The number of hydrogen-bond donors (Lipinski definition) is 1. The predicted octanol–water partition coefficient (Wildman–Crippen LogP) is 2.98. The van der Waals surface area contributed by atoms with Crippen LogP contribution in [0.1, 0.15) is 11.4 Å². The number of aryl methyl sites for hydroxylation is 1. The second kappa shape index (κ2) is 4.71. The molecule has 4 heteroatoms. The van der Waals surface area contributed by atoms with Crippen LogP contribution in [-0.4, -0.2) is 9.55 Å². The quantitative estimate of drug-likeness (QED) is 0.722. The topological polar surface area (TPSA) is 67.6 Å². The second-order valence-electron chi connectivity index (χ2n) is 4.70. The number of para-hydroxylation sites is 3. The number of fused-ring (bicyclic) bond motifs is 1. The van der Waals surface area contributed by atoms with Crippen LogP contribution in [-0.2, 0) is 6.42 Å². The van der Waals surface area contributed by atoms with E-state index in [0.29, 0.717) is 5.69 Å². The number of imidazole rings is 1. The van der Waals surface area contributed by atoms with Gasteiger partial charge >= 0.3 is 0 Å². The zero-order chi connectivity index (χ0) is 14.1. The first kappa shape index (κ1) is 12.2. The van der Waals surface area contributed by atoms with Crippen LogP contribution in [0.2, 0.25) is 0 Å². The molecule has 2 N–H and O–H groups in total. The Bertz CT molecular complexity index is 804. The highest BCUT2D eigenvalue weighted by atomic mass is 15.1. The monoisotopic (exact) mass is 262 g/mol. The molecule has 0 amide bonds. The number of anilines is 1. The van der Waals surface area contributed by atoms with E-state index < -0.39 is 0 Å². The predicted molar refractivity (Wildman–Crippen MR) is 79.5 cm³/mol. The highest BCUT2D eigenvalue weighted by Gasteiger charge is 2.15. The lowest BCUT2D eigenvalue weighted by atomic mass is 10.1. The molecule has 0 radical (unpaired) electrons. The molecular weight excluding hydrogens is 248 g/mol. The average Bonchev–Trinajstić information content (AvgIpc) is 2.78. The Morgan fingerprint density at radius 2 is 2.00 bits per heavy atom. The third kappa shape index (κ3) is 1.81. The molecule has 2 aromatic carbocycles. The molecule has 3 aromatic rings. The molecule has 98 valence electrons. The van der Waals surface area contributed by atoms with Gasteiger partial charge in [-0.2, -0.15) is 5.26 Å². The number of hydrogen-bond acceptors (Lipinski definition) is 3. The number of nitrogen functional groups attached to an aromatic ring is 1. The van der Waals surface area contributed by atoms with Crippen molar-refractivity contribution in [2.45, 2.75) is 13.3 Å². The second-order valence-corrected chi connectivity index (χ2v) is 4.70. The van der Waals surface area contributed by atoms with Gasteiger partial charge < -0.3 is 5.73 Å². The van der Waals surface area contributed by atoms with Gasteiger partial charge in [0.1, 0.15) is 5.82 Å². The van der Waals surface area contributed by atoms with E-state index in [-0.39, 0.29) is 6.42 Å². The standard InChI is InChI=1S/C16H14N4/c1-11-5-4-6-12(18)16(11)20-14-8-3-2-7-13(14)19-15(20)9-10-17/h2-8H,9,18H2,1H3. The van der Waals surface area contributed by atoms with Gasteiger partial charge in [-0.15, -0.1) is 0 Å². The number of nitrogens with two attached hydrogens (primary N) is 1. The number of nitriles is 1. The summed E-state index contributed by atoms with van der Waals surface area (Å²) in [6, 6.07) is 15.8. The van der Waals surface area contributed by atoms with Gasteiger partial charge in [0, 0.05) is 0 Å². The molecular formula is C16H14N4. The number of nitrogens with zero attached hydrogens (tertiary/aromatic N) is 3. The molecule has 0 fully saturated rings. The van der Waals surface area contributed by atoms with Crippen molar-refractivity contribution in [3.05, 3.63) is 53.9 Å². The van der Waals surface area contributed by atoms with Crippen molar-refractivity contribution in [3.8, 4) is 11.8 Å². The minimum absolute atomic E-state index is 0.252. The van der Waals surface area contributed by atoms with Crippen LogP contribution in [0.25, 0.3) is 16.7 Å². The van der Waals surface area contributed by atoms with Gasteiger partial charge in [-0.05, 0) is 30.7 Å². The first-order valence-electron chi connectivity index (χ1n) is 6.41. The Morgan fingerprint density at radius 1 is 1.20 bits per heavy atom. The van der Waals surface area contributed by atoms with Gasteiger partial charge in [-0.1, -0.05) is 24.3 Å². The van der Waals surface area contributed by atoms with E-state index in [9.17, 15) is 0 Å². The minimum atomic E-state index is 0.252. The van der Waals surface area contributed by atoms with Crippen molar-refractivity contribution in [2.75, 3.05) is 5.73 Å². The largest absolute Gasteiger partial charge is 0.397 e. The van der Waals surface area contributed by atoms with Gasteiger partial charge in [0.05, 0.1) is 34.9 Å². The summed E-state index contributed by atoms with van der Waals surface area (Å²) < 4.78 is 1.99. The minimum Gasteiger partial charge on any atom is -0.397 e. The van der Waals surface area contributed by atoms with Crippen LogP contribution in [0, 0.1) is 18.3 Å². The van der Waals surface area contributed by atoms with Crippen LogP contribution in [0.15, 0.2) is 42.5 Å². The number of benzene rings is 2. The Labute approximate surface area is 117 Å². The van der Waals surface area contributed by atoms with Crippen molar-refractivity contribution in [2.24, 2.45) is 0 Å². The third-order valence-electron chi connectivity index (χ3n) is 3.36. The molecule has 0 spiro atoms. The summed E-state index contributed by atoms with van der Waals surface area (Å²) in [4.78, 5) is 4.55. The van der Waals surface area contributed by atoms with Crippen LogP contribution in [0.3, 0.4) is 0 Å². The van der Waals surface area contributed by atoms with E-state index in [4.69, 9.17) is 11.0 Å². The van der Waals surface area contributed by atoms with Crippen molar-refractivity contribution >= 4 is 16.7 Å². The van der Waals surface area contributed by atoms with Gasteiger partial charge in [0.15, 0.2) is 0 Å². The summed E-state index contributed by atoms with van der Waals surface area (Å²) in [6.45, 7) is 2.01. The molecule has 0 saturated carbocycles. The molecule has 4 nitrogen and oxygen atoms in total. The van der Waals surface area contributed by atoms with Gasteiger partial charge in [-0.25, -0.2) is 4.98 Å². The molecule has 0 bridgehead atoms. The first-order chi connectivity index (χ1) is 9.72. The summed E-state index contributed by atoms with van der Waals surface area (Å²) in [5.41, 5.74) is 10.6. The summed E-state index contributed by atoms with van der Waals surface area (Å²) in [5, 5.41) is 9.02. The highest BCUT2D eigenvalue weighted by Crippen LogP contribution is 2.28. The smallest absolute Gasteiger partial charge is 0.128 e. The molecule has 0 aliphatic heterocycles. The number of aromatic nitrogens is 2. The SMILES string of the molecule is Cc1cccc(N)c1-n1c(CC#N)nc2ccccc21. The van der Waals surface area contributed by atoms with Crippen molar-refractivity contribution < 1.29 is 0 Å².